The number of amides is 1. The van der Waals surface area contributed by atoms with E-state index in [0.29, 0.717) is 12.3 Å². The van der Waals surface area contributed by atoms with Gasteiger partial charge in [-0.1, -0.05) is 18.2 Å². The minimum Gasteiger partial charge on any atom is -0.459 e. The van der Waals surface area contributed by atoms with Gasteiger partial charge in [0.1, 0.15) is 0 Å². The zero-order chi connectivity index (χ0) is 14.8. The predicted octanol–water partition coefficient (Wildman–Crippen LogP) is 3.05. The van der Waals surface area contributed by atoms with Crippen molar-refractivity contribution in [2.24, 2.45) is 7.05 Å². The van der Waals surface area contributed by atoms with Crippen LogP contribution in [0.3, 0.4) is 0 Å². The molecular weight excluding hydrogens is 264 g/mol. The predicted molar refractivity (Wildman–Crippen MR) is 82.4 cm³/mol. The Morgan fingerprint density at radius 1 is 1.24 bits per heavy atom. The van der Waals surface area contributed by atoms with Crippen LogP contribution in [0.4, 0.5) is 0 Å². The maximum atomic E-state index is 11.8. The first-order chi connectivity index (χ1) is 10.2. The van der Waals surface area contributed by atoms with Crippen LogP contribution in [0.25, 0.3) is 10.9 Å². The molecule has 2 heterocycles. The van der Waals surface area contributed by atoms with E-state index in [1.165, 1.54) is 28.4 Å². The molecule has 0 aliphatic heterocycles. The quantitative estimate of drug-likeness (QED) is 0.799. The van der Waals surface area contributed by atoms with Crippen molar-refractivity contribution in [3.63, 3.8) is 0 Å². The number of carbonyl (C=O) groups excluding carboxylic acids is 1. The van der Waals surface area contributed by atoms with Crippen molar-refractivity contribution in [2.75, 3.05) is 6.54 Å². The summed E-state index contributed by atoms with van der Waals surface area (Å²) in [6.07, 6.45) is 2.31. The third-order valence-corrected chi connectivity index (χ3v) is 3.94. The number of furan rings is 1. The number of hydrogen-bond donors (Lipinski definition) is 1. The SMILES string of the molecule is Cc1c(CCNC(=O)c2ccco2)c2ccccc2n1C. The van der Waals surface area contributed by atoms with Crippen LogP contribution >= 0.6 is 0 Å². The Bertz CT molecular complexity index is 770. The lowest BCUT2D eigenvalue weighted by molar-refractivity contribution is 0.0926. The zero-order valence-electron chi connectivity index (χ0n) is 12.2. The first-order valence-electron chi connectivity index (χ1n) is 7.03. The maximum Gasteiger partial charge on any atom is 0.286 e. The highest BCUT2D eigenvalue weighted by molar-refractivity contribution is 5.91. The van der Waals surface area contributed by atoms with Gasteiger partial charge in [-0.15, -0.1) is 0 Å². The summed E-state index contributed by atoms with van der Waals surface area (Å²) in [6, 6.07) is 11.7. The molecule has 108 valence electrons. The Morgan fingerprint density at radius 2 is 2.05 bits per heavy atom. The molecule has 0 bridgehead atoms. The smallest absolute Gasteiger partial charge is 0.286 e. The summed E-state index contributed by atoms with van der Waals surface area (Å²) in [4.78, 5) is 11.8. The number of nitrogens with zero attached hydrogens (tertiary/aromatic N) is 1. The van der Waals surface area contributed by atoms with Crippen LogP contribution in [0.2, 0.25) is 0 Å². The summed E-state index contributed by atoms with van der Waals surface area (Å²) in [5.74, 6) is 0.183. The minimum atomic E-state index is -0.169. The molecule has 3 aromatic rings. The molecule has 4 heteroatoms. The van der Waals surface area contributed by atoms with E-state index >= 15 is 0 Å². The number of carbonyl (C=O) groups is 1. The van der Waals surface area contributed by atoms with Crippen LogP contribution in [0, 0.1) is 6.92 Å². The average Bonchev–Trinajstić information content (AvgIpc) is 3.11. The lowest BCUT2D eigenvalue weighted by Crippen LogP contribution is -2.25. The van der Waals surface area contributed by atoms with Crippen molar-refractivity contribution in [3.8, 4) is 0 Å². The Morgan fingerprint density at radius 3 is 2.81 bits per heavy atom. The highest BCUT2D eigenvalue weighted by Crippen LogP contribution is 2.24. The Balaban J connectivity index is 1.74. The molecule has 0 radical (unpaired) electrons. The molecule has 0 aliphatic rings. The second-order valence-corrected chi connectivity index (χ2v) is 5.12. The largest absolute Gasteiger partial charge is 0.459 e. The number of fused-ring (bicyclic) bond motifs is 1. The van der Waals surface area contributed by atoms with E-state index in [-0.39, 0.29) is 5.91 Å². The number of rotatable bonds is 4. The number of nitrogens with one attached hydrogen (secondary N) is 1. The molecule has 0 unspecified atom stereocenters. The van der Waals surface area contributed by atoms with Gasteiger partial charge in [0, 0.05) is 30.2 Å². The molecular formula is C17H18N2O2. The summed E-state index contributed by atoms with van der Waals surface area (Å²) in [6.45, 7) is 2.71. The standard InChI is InChI=1S/C17H18N2O2/c1-12-13(14-6-3-4-7-15(14)19(12)2)9-10-18-17(20)16-8-5-11-21-16/h3-8,11H,9-10H2,1-2H3,(H,18,20). The topological polar surface area (TPSA) is 47.2 Å². The van der Waals surface area contributed by atoms with Gasteiger partial charge < -0.3 is 14.3 Å². The Hall–Kier alpha value is -2.49. The van der Waals surface area contributed by atoms with Crippen molar-refractivity contribution >= 4 is 16.8 Å². The fourth-order valence-corrected chi connectivity index (χ4v) is 2.71. The van der Waals surface area contributed by atoms with E-state index in [4.69, 9.17) is 4.42 Å². The van der Waals surface area contributed by atoms with Crippen molar-refractivity contribution in [3.05, 3.63) is 59.7 Å². The molecule has 2 aromatic heterocycles. The summed E-state index contributed by atoms with van der Waals surface area (Å²) in [5, 5.41) is 4.15. The first kappa shape index (κ1) is 13.5. The maximum absolute atomic E-state index is 11.8. The molecule has 1 N–H and O–H groups in total. The lowest BCUT2D eigenvalue weighted by atomic mass is 10.1. The van der Waals surface area contributed by atoms with Gasteiger partial charge >= 0.3 is 0 Å². The van der Waals surface area contributed by atoms with Crippen molar-refractivity contribution in [1.29, 1.82) is 0 Å². The van der Waals surface area contributed by atoms with Crippen molar-refractivity contribution < 1.29 is 9.21 Å². The fourth-order valence-electron chi connectivity index (χ4n) is 2.71. The third kappa shape index (κ3) is 2.44. The van der Waals surface area contributed by atoms with Crippen LogP contribution in [-0.4, -0.2) is 17.0 Å². The normalized spacial score (nSPS) is 11.0. The third-order valence-electron chi connectivity index (χ3n) is 3.94. The monoisotopic (exact) mass is 282 g/mol. The molecule has 0 saturated heterocycles. The summed E-state index contributed by atoms with van der Waals surface area (Å²) >= 11 is 0. The van der Waals surface area contributed by atoms with Gasteiger partial charge in [-0.25, -0.2) is 0 Å². The van der Waals surface area contributed by atoms with Gasteiger partial charge in [0.05, 0.1) is 6.26 Å². The van der Waals surface area contributed by atoms with Crippen LogP contribution in [0.1, 0.15) is 21.8 Å². The van der Waals surface area contributed by atoms with E-state index in [2.05, 4.69) is 36.0 Å². The molecule has 0 aliphatic carbocycles. The molecule has 0 atom stereocenters. The molecule has 1 amide bonds. The lowest BCUT2D eigenvalue weighted by Gasteiger charge is -2.04. The molecule has 0 saturated carbocycles. The van der Waals surface area contributed by atoms with E-state index in [9.17, 15) is 4.79 Å². The van der Waals surface area contributed by atoms with Crippen LogP contribution < -0.4 is 5.32 Å². The van der Waals surface area contributed by atoms with Crippen LogP contribution in [0.5, 0.6) is 0 Å². The number of para-hydroxylation sites is 1. The van der Waals surface area contributed by atoms with Gasteiger partial charge in [-0.2, -0.15) is 0 Å². The fraction of sp³-hybridized carbons (Fsp3) is 0.235. The van der Waals surface area contributed by atoms with Crippen molar-refractivity contribution in [2.45, 2.75) is 13.3 Å². The second kappa shape index (κ2) is 5.48. The molecule has 21 heavy (non-hydrogen) atoms. The van der Waals surface area contributed by atoms with E-state index in [1.54, 1.807) is 12.1 Å². The van der Waals surface area contributed by atoms with Gasteiger partial charge in [-0.3, -0.25) is 4.79 Å². The summed E-state index contributed by atoms with van der Waals surface area (Å²) < 4.78 is 7.27. The summed E-state index contributed by atoms with van der Waals surface area (Å²) in [7, 11) is 2.07. The zero-order valence-corrected chi connectivity index (χ0v) is 12.2. The Kier molecular flexibility index (Phi) is 3.52. The second-order valence-electron chi connectivity index (χ2n) is 5.12. The molecule has 4 nitrogen and oxygen atoms in total. The number of aromatic nitrogens is 1. The number of aryl methyl sites for hydroxylation is 1. The molecule has 0 fully saturated rings. The molecule has 3 rings (SSSR count). The highest BCUT2D eigenvalue weighted by atomic mass is 16.3. The van der Waals surface area contributed by atoms with E-state index in [0.717, 1.165) is 6.42 Å². The van der Waals surface area contributed by atoms with E-state index in [1.807, 2.05) is 12.1 Å². The van der Waals surface area contributed by atoms with Crippen molar-refractivity contribution in [1.82, 2.24) is 9.88 Å². The van der Waals surface area contributed by atoms with Crippen LogP contribution in [0.15, 0.2) is 47.1 Å². The number of hydrogen-bond acceptors (Lipinski definition) is 2. The van der Waals surface area contributed by atoms with Gasteiger partial charge in [0.15, 0.2) is 5.76 Å². The minimum absolute atomic E-state index is 0.169. The summed E-state index contributed by atoms with van der Waals surface area (Å²) in [5.41, 5.74) is 3.75. The van der Waals surface area contributed by atoms with Gasteiger partial charge in [0.25, 0.3) is 5.91 Å². The van der Waals surface area contributed by atoms with E-state index < -0.39 is 0 Å². The highest BCUT2D eigenvalue weighted by Gasteiger charge is 2.12. The molecule has 1 aromatic carbocycles. The molecule has 0 spiro atoms. The van der Waals surface area contributed by atoms with Crippen LogP contribution in [-0.2, 0) is 13.5 Å². The average molecular weight is 282 g/mol. The number of benzene rings is 1. The Labute approximate surface area is 123 Å². The van der Waals surface area contributed by atoms with Gasteiger partial charge in [-0.05, 0) is 37.1 Å². The first-order valence-corrected chi connectivity index (χ1v) is 7.03. The van der Waals surface area contributed by atoms with Gasteiger partial charge in [0.2, 0.25) is 0 Å².